The fourth-order valence-corrected chi connectivity index (χ4v) is 3.73. The molecule has 1 saturated carbocycles. The smallest absolute Gasteiger partial charge is 0.323 e. The number of amidine groups is 1. The zero-order valence-electron chi connectivity index (χ0n) is 13.9. The minimum Gasteiger partial charge on any atom is -0.335 e. The lowest BCUT2D eigenvalue weighted by molar-refractivity contribution is 0.195. The van der Waals surface area contributed by atoms with Crippen molar-refractivity contribution in [1.82, 2.24) is 20.2 Å². The second-order valence-electron chi connectivity index (χ2n) is 6.73. The summed E-state index contributed by atoms with van der Waals surface area (Å²) >= 11 is 0. The Morgan fingerprint density at radius 1 is 1.20 bits per heavy atom. The summed E-state index contributed by atoms with van der Waals surface area (Å²) in [5, 5.41) is 11.2. The molecule has 0 bridgehead atoms. The molecule has 0 spiro atoms. The lowest BCUT2D eigenvalue weighted by atomic mass is 9.78. The number of carbonyl (C=O) groups is 1. The van der Waals surface area contributed by atoms with Crippen molar-refractivity contribution >= 4 is 11.9 Å². The van der Waals surface area contributed by atoms with Gasteiger partial charge in [-0.25, -0.2) is 14.8 Å². The highest BCUT2D eigenvalue weighted by Gasteiger charge is 2.38. The molecule has 2 N–H and O–H groups in total. The first-order valence-corrected chi connectivity index (χ1v) is 8.70. The Bertz CT molecular complexity index is 758. The fourth-order valence-electron chi connectivity index (χ4n) is 3.73. The van der Waals surface area contributed by atoms with Crippen LogP contribution in [0, 0.1) is 5.41 Å². The van der Waals surface area contributed by atoms with Crippen LogP contribution in [0.25, 0.3) is 0 Å². The van der Waals surface area contributed by atoms with Crippen molar-refractivity contribution < 1.29 is 4.79 Å². The van der Waals surface area contributed by atoms with E-state index in [1.807, 2.05) is 36.4 Å². The van der Waals surface area contributed by atoms with Crippen LogP contribution in [-0.4, -0.2) is 32.8 Å². The minimum atomic E-state index is -0.150. The normalized spacial score (nSPS) is 25.5. The van der Waals surface area contributed by atoms with E-state index >= 15 is 0 Å². The van der Waals surface area contributed by atoms with Crippen molar-refractivity contribution in [3.8, 4) is 0 Å². The van der Waals surface area contributed by atoms with E-state index in [1.165, 1.54) is 0 Å². The molecule has 1 aromatic heterocycles. The van der Waals surface area contributed by atoms with Gasteiger partial charge in [-0.2, -0.15) is 0 Å². The molecule has 0 radical (unpaired) electrons. The maximum atomic E-state index is 12.7. The van der Waals surface area contributed by atoms with E-state index in [1.54, 1.807) is 17.4 Å². The molecule has 2 aromatic rings. The average Bonchev–Trinajstić information content (AvgIpc) is 3.01. The first kappa shape index (κ1) is 15.7. The first-order chi connectivity index (χ1) is 12.2. The van der Waals surface area contributed by atoms with E-state index in [0.717, 1.165) is 30.5 Å². The number of likely N-dealkylation sites (tertiary alicyclic amines) is 1. The number of hydrogen-bond acceptors (Lipinski definition) is 4. The summed E-state index contributed by atoms with van der Waals surface area (Å²) in [4.78, 5) is 22.6. The number of amides is 2. The zero-order chi connectivity index (χ0) is 17.2. The Labute approximate surface area is 146 Å². The van der Waals surface area contributed by atoms with Crippen LogP contribution in [0.4, 0.5) is 4.79 Å². The van der Waals surface area contributed by atoms with Gasteiger partial charge in [0.05, 0.1) is 6.04 Å². The molecule has 25 heavy (non-hydrogen) atoms. The molecule has 2 heterocycles. The highest BCUT2D eigenvalue weighted by atomic mass is 16.2. The topological polar surface area (TPSA) is 82.0 Å². The van der Waals surface area contributed by atoms with Crippen LogP contribution in [-0.2, 0) is 0 Å². The number of benzene rings is 1. The molecule has 1 aliphatic carbocycles. The van der Waals surface area contributed by atoms with Gasteiger partial charge in [0.15, 0.2) is 0 Å². The lowest BCUT2D eigenvalue weighted by Gasteiger charge is -2.37. The van der Waals surface area contributed by atoms with Gasteiger partial charge in [-0.05, 0) is 30.9 Å². The number of carbonyl (C=O) groups excluding carboxylic acids is 1. The third-order valence-electron chi connectivity index (χ3n) is 5.15. The van der Waals surface area contributed by atoms with Crippen LogP contribution in [0.2, 0.25) is 0 Å². The number of nitrogens with one attached hydrogen (secondary N) is 2. The Hall–Kier alpha value is -2.76. The van der Waals surface area contributed by atoms with Gasteiger partial charge < -0.3 is 5.32 Å². The predicted molar refractivity (Wildman–Crippen MR) is 94.3 cm³/mol. The molecule has 128 valence electrons. The molecule has 1 aromatic carbocycles. The summed E-state index contributed by atoms with van der Waals surface area (Å²) in [6, 6.07) is 11.9. The fraction of sp³-hybridized carbons (Fsp3) is 0.368. The summed E-state index contributed by atoms with van der Waals surface area (Å²) in [6.07, 6.45) is 6.55. The molecule has 1 aliphatic heterocycles. The highest BCUT2D eigenvalue weighted by Crippen LogP contribution is 2.37. The molecular formula is C19H21N5O. The molecule has 2 amide bonds. The first-order valence-electron chi connectivity index (χ1n) is 8.70. The van der Waals surface area contributed by atoms with Crippen LogP contribution >= 0.6 is 0 Å². The van der Waals surface area contributed by atoms with E-state index in [9.17, 15) is 4.79 Å². The molecule has 6 nitrogen and oxygen atoms in total. The van der Waals surface area contributed by atoms with Crippen molar-refractivity contribution in [2.45, 2.75) is 43.7 Å². The van der Waals surface area contributed by atoms with Crippen LogP contribution in [0.5, 0.6) is 0 Å². The van der Waals surface area contributed by atoms with Crippen LogP contribution in [0.1, 0.15) is 48.9 Å². The van der Waals surface area contributed by atoms with Crippen LogP contribution in [0.3, 0.4) is 0 Å². The molecule has 4 rings (SSSR count). The number of rotatable bonds is 3. The standard InChI is InChI=1S/C19H21N5O/c20-18-7-6-17(13-4-2-1-3-5-13)24(18)19(25)23-15-10-14(11-15)16-8-9-21-12-22-16/h1-5,8-9,12,14-15,17,20H,6-7,10-11H2,(H,23,25)/t14?,15?,17-/m0/s1. The van der Waals surface area contributed by atoms with Crippen molar-refractivity contribution in [2.75, 3.05) is 0 Å². The van der Waals surface area contributed by atoms with Crippen molar-refractivity contribution in [3.63, 3.8) is 0 Å². The van der Waals surface area contributed by atoms with Gasteiger partial charge in [-0.3, -0.25) is 10.3 Å². The summed E-state index contributed by atoms with van der Waals surface area (Å²) in [5.74, 6) is 0.786. The molecule has 2 aliphatic rings. The number of urea groups is 1. The quantitative estimate of drug-likeness (QED) is 0.903. The van der Waals surface area contributed by atoms with Gasteiger partial charge in [0.2, 0.25) is 0 Å². The van der Waals surface area contributed by atoms with Gasteiger partial charge in [0, 0.05) is 30.3 Å². The van der Waals surface area contributed by atoms with Gasteiger partial charge in [0.25, 0.3) is 0 Å². The zero-order valence-corrected chi connectivity index (χ0v) is 13.9. The maximum Gasteiger partial charge on any atom is 0.323 e. The number of aromatic nitrogens is 2. The lowest BCUT2D eigenvalue weighted by Crippen LogP contribution is -2.50. The van der Waals surface area contributed by atoms with Gasteiger partial charge in [-0.15, -0.1) is 0 Å². The summed E-state index contributed by atoms with van der Waals surface area (Å²) < 4.78 is 0. The second kappa shape index (κ2) is 6.63. The van der Waals surface area contributed by atoms with E-state index in [2.05, 4.69) is 15.3 Å². The Morgan fingerprint density at radius 2 is 2.00 bits per heavy atom. The molecular weight excluding hydrogens is 314 g/mol. The SMILES string of the molecule is N=C1CC[C@@H](c2ccccc2)N1C(=O)NC1CC(c2ccncn2)C1. The Kier molecular flexibility index (Phi) is 4.17. The average molecular weight is 335 g/mol. The molecule has 1 saturated heterocycles. The Balaban J connectivity index is 1.38. The van der Waals surface area contributed by atoms with Crippen LogP contribution in [0.15, 0.2) is 48.9 Å². The molecule has 0 unspecified atom stereocenters. The largest absolute Gasteiger partial charge is 0.335 e. The minimum absolute atomic E-state index is 0.0357. The van der Waals surface area contributed by atoms with Crippen LogP contribution < -0.4 is 5.32 Å². The molecule has 1 atom stereocenters. The van der Waals surface area contributed by atoms with E-state index < -0.39 is 0 Å². The summed E-state index contributed by atoms with van der Waals surface area (Å²) in [6.45, 7) is 0. The van der Waals surface area contributed by atoms with E-state index in [-0.39, 0.29) is 18.1 Å². The highest BCUT2D eigenvalue weighted by molar-refractivity contribution is 5.98. The maximum absolute atomic E-state index is 12.7. The van der Waals surface area contributed by atoms with Crippen molar-refractivity contribution in [3.05, 3.63) is 60.2 Å². The second-order valence-corrected chi connectivity index (χ2v) is 6.73. The summed E-state index contributed by atoms with van der Waals surface area (Å²) in [5.41, 5.74) is 2.13. The van der Waals surface area contributed by atoms with Crippen molar-refractivity contribution in [1.29, 1.82) is 5.41 Å². The summed E-state index contributed by atoms with van der Waals surface area (Å²) in [7, 11) is 0. The van der Waals surface area contributed by atoms with Gasteiger partial charge in [0.1, 0.15) is 12.2 Å². The number of hydrogen-bond donors (Lipinski definition) is 2. The van der Waals surface area contributed by atoms with Crippen molar-refractivity contribution in [2.24, 2.45) is 0 Å². The number of nitrogens with zero attached hydrogens (tertiary/aromatic N) is 3. The third kappa shape index (κ3) is 3.12. The Morgan fingerprint density at radius 3 is 2.72 bits per heavy atom. The monoisotopic (exact) mass is 335 g/mol. The predicted octanol–water partition coefficient (Wildman–Crippen LogP) is 3.25. The van der Waals surface area contributed by atoms with Gasteiger partial charge >= 0.3 is 6.03 Å². The molecule has 6 heteroatoms. The molecule has 2 fully saturated rings. The van der Waals surface area contributed by atoms with E-state index in [4.69, 9.17) is 5.41 Å². The van der Waals surface area contributed by atoms with Gasteiger partial charge in [-0.1, -0.05) is 30.3 Å². The van der Waals surface area contributed by atoms with E-state index in [0.29, 0.717) is 18.2 Å². The third-order valence-corrected chi connectivity index (χ3v) is 5.15.